The van der Waals surface area contributed by atoms with Gasteiger partial charge in [-0.15, -0.1) is 0 Å². The number of benzene rings is 1. The van der Waals surface area contributed by atoms with Gasteiger partial charge in [0.05, 0.1) is 5.69 Å². The lowest BCUT2D eigenvalue weighted by Crippen LogP contribution is -2.41. The highest BCUT2D eigenvalue weighted by atomic mass is 31.2. The summed E-state index contributed by atoms with van der Waals surface area (Å²) >= 11 is 0. The molecule has 10 nitrogen and oxygen atoms in total. The molecule has 0 spiro atoms. The number of pyridine rings is 1. The van der Waals surface area contributed by atoms with Crippen LogP contribution in [0.2, 0.25) is 0 Å². The van der Waals surface area contributed by atoms with Crippen LogP contribution in [0.3, 0.4) is 0 Å². The fourth-order valence-corrected chi connectivity index (χ4v) is 3.43. The molecule has 35 heavy (non-hydrogen) atoms. The number of rotatable bonds is 8. The summed E-state index contributed by atoms with van der Waals surface area (Å²) in [4.78, 5) is 22.2. The van der Waals surface area contributed by atoms with Crippen molar-refractivity contribution in [3.8, 4) is 11.6 Å². The molecule has 1 aliphatic heterocycles. The predicted octanol–water partition coefficient (Wildman–Crippen LogP) is 3.43. The highest BCUT2D eigenvalue weighted by Gasteiger charge is 2.25. The molecule has 4 rings (SSSR count). The molecule has 4 N–H and O–H groups in total. The summed E-state index contributed by atoms with van der Waals surface area (Å²) in [5.41, 5.74) is 8.01. The fourth-order valence-electron chi connectivity index (χ4n) is 3.15. The van der Waals surface area contributed by atoms with Gasteiger partial charge in [0.1, 0.15) is 18.6 Å². The zero-order chi connectivity index (χ0) is 25.2. The van der Waals surface area contributed by atoms with E-state index in [4.69, 9.17) is 24.8 Å². The number of nitrogens with zero attached hydrogens (tertiary/aromatic N) is 3. The van der Waals surface area contributed by atoms with Crippen LogP contribution in [-0.2, 0) is 15.5 Å². The van der Waals surface area contributed by atoms with E-state index >= 15 is 0 Å². The minimum absolute atomic E-state index is 0.162. The van der Waals surface area contributed by atoms with Crippen LogP contribution in [0.25, 0.3) is 5.57 Å². The first kappa shape index (κ1) is 24.6. The Morgan fingerprint density at radius 1 is 1.14 bits per heavy atom. The first-order valence-electron chi connectivity index (χ1n) is 9.93. The number of halogens is 3. The number of allylic oxidation sites excluding steroid dienone is 2. The SMILES string of the molecule is NC1C(c2cc(Cc3ccc(Oc4nc(F)c(F)cc4F)cc3)no2)=CC=CN1COP(=O)(O)O. The molecule has 14 heteroatoms. The quantitative estimate of drug-likeness (QED) is 0.305. The number of aromatic nitrogens is 2. The molecule has 0 saturated carbocycles. The average Bonchev–Trinajstić information content (AvgIpc) is 3.25. The van der Waals surface area contributed by atoms with Crippen LogP contribution in [0.15, 0.2) is 59.3 Å². The van der Waals surface area contributed by atoms with Gasteiger partial charge in [-0.25, -0.2) is 13.3 Å². The number of ether oxygens (including phenoxy) is 1. The molecule has 0 radical (unpaired) electrons. The number of hydrogen-bond donors (Lipinski definition) is 3. The average molecular weight is 510 g/mol. The van der Waals surface area contributed by atoms with Crippen molar-refractivity contribution < 1.29 is 41.3 Å². The molecule has 184 valence electrons. The van der Waals surface area contributed by atoms with E-state index in [1.165, 1.54) is 23.2 Å². The molecule has 3 aromatic rings. The summed E-state index contributed by atoms with van der Waals surface area (Å²) in [6.07, 6.45) is 4.37. The molecule has 3 heterocycles. The third kappa shape index (κ3) is 6.15. The zero-order valence-corrected chi connectivity index (χ0v) is 18.6. The molecule has 1 unspecified atom stereocenters. The van der Waals surface area contributed by atoms with E-state index in [2.05, 4.69) is 14.7 Å². The predicted molar refractivity (Wildman–Crippen MR) is 115 cm³/mol. The largest absolute Gasteiger partial charge is 0.471 e. The lowest BCUT2D eigenvalue weighted by atomic mass is 10.1. The molecule has 1 aliphatic rings. The van der Waals surface area contributed by atoms with Gasteiger partial charge in [0, 0.05) is 30.3 Å². The highest BCUT2D eigenvalue weighted by Crippen LogP contribution is 2.36. The highest BCUT2D eigenvalue weighted by molar-refractivity contribution is 7.46. The van der Waals surface area contributed by atoms with Gasteiger partial charge in [-0.1, -0.05) is 23.4 Å². The topological polar surface area (TPSA) is 144 Å². The number of nitrogens with two attached hydrogens (primary N) is 1. The summed E-state index contributed by atoms with van der Waals surface area (Å²) in [7, 11) is -4.66. The summed E-state index contributed by atoms with van der Waals surface area (Å²) in [5, 5.41) is 4.01. The molecule has 0 fully saturated rings. The van der Waals surface area contributed by atoms with E-state index in [-0.39, 0.29) is 5.75 Å². The zero-order valence-electron chi connectivity index (χ0n) is 17.7. The van der Waals surface area contributed by atoms with Crippen LogP contribution in [-0.4, -0.2) is 37.7 Å². The lowest BCUT2D eigenvalue weighted by molar-refractivity contribution is 0.110. The van der Waals surface area contributed by atoms with Crippen molar-refractivity contribution in [1.82, 2.24) is 15.0 Å². The maximum absolute atomic E-state index is 13.7. The van der Waals surface area contributed by atoms with Gasteiger partial charge in [-0.05, 0) is 23.8 Å². The van der Waals surface area contributed by atoms with Crippen molar-refractivity contribution in [3.63, 3.8) is 0 Å². The van der Waals surface area contributed by atoms with Gasteiger partial charge in [0.25, 0.3) is 11.8 Å². The second-order valence-corrected chi connectivity index (χ2v) is 8.56. The molecular formula is C21H18F3N4O6P. The first-order valence-corrected chi connectivity index (χ1v) is 11.5. The van der Waals surface area contributed by atoms with Crippen LogP contribution in [0.5, 0.6) is 11.6 Å². The molecular weight excluding hydrogens is 492 g/mol. The third-order valence-corrected chi connectivity index (χ3v) is 5.28. The van der Waals surface area contributed by atoms with E-state index < -0.39 is 44.2 Å². The van der Waals surface area contributed by atoms with Crippen molar-refractivity contribution in [3.05, 3.63) is 89.3 Å². The maximum atomic E-state index is 13.7. The van der Waals surface area contributed by atoms with E-state index in [1.807, 2.05) is 0 Å². The van der Waals surface area contributed by atoms with Gasteiger partial charge >= 0.3 is 7.82 Å². The Bertz CT molecular complexity index is 1330. The van der Waals surface area contributed by atoms with E-state index in [0.717, 1.165) is 5.56 Å². The molecule has 2 aromatic heterocycles. The maximum Gasteiger partial charge on any atom is 0.471 e. The molecule has 1 aromatic carbocycles. The monoisotopic (exact) mass is 510 g/mol. The van der Waals surface area contributed by atoms with Crippen LogP contribution < -0.4 is 10.5 Å². The smallest absolute Gasteiger partial charge is 0.436 e. The van der Waals surface area contributed by atoms with Gasteiger partial charge in [-0.2, -0.15) is 9.37 Å². The number of phosphoric ester groups is 1. The van der Waals surface area contributed by atoms with Crippen LogP contribution in [0.1, 0.15) is 17.0 Å². The molecule has 0 amide bonds. The van der Waals surface area contributed by atoms with Gasteiger partial charge in [-0.3, -0.25) is 4.52 Å². The van der Waals surface area contributed by atoms with Gasteiger partial charge in [0.15, 0.2) is 17.4 Å². The minimum Gasteiger partial charge on any atom is -0.436 e. The fraction of sp³-hybridized carbons (Fsp3) is 0.143. The minimum atomic E-state index is -4.66. The Kier molecular flexibility index (Phi) is 7.05. The summed E-state index contributed by atoms with van der Waals surface area (Å²) in [6.45, 7) is -0.432. The number of phosphoric acid groups is 1. The Labute approximate surface area is 196 Å². The standard InChI is InChI=1S/C21H18F3N4O6P/c22-16-10-17(23)21(26-19(16)24)33-14-5-3-12(4-6-14)8-13-9-18(34-27-13)15-2-1-7-28(20(15)25)11-32-35(29,30)31/h1-7,9-10,20H,8,11,25H2,(H2,29,30,31). The van der Waals surface area contributed by atoms with E-state index in [9.17, 15) is 17.7 Å². The normalized spacial score (nSPS) is 15.9. The molecule has 0 saturated heterocycles. The Balaban J connectivity index is 1.40. The van der Waals surface area contributed by atoms with Crippen molar-refractivity contribution in [2.24, 2.45) is 5.73 Å². The van der Waals surface area contributed by atoms with Gasteiger partial charge < -0.3 is 29.7 Å². The molecule has 0 aliphatic carbocycles. The first-order chi connectivity index (χ1) is 16.6. The van der Waals surface area contributed by atoms with Gasteiger partial charge in [0.2, 0.25) is 0 Å². The Hall–Kier alpha value is -3.48. The van der Waals surface area contributed by atoms with Crippen molar-refractivity contribution in [2.75, 3.05) is 6.73 Å². The van der Waals surface area contributed by atoms with E-state index in [1.54, 1.807) is 30.4 Å². The van der Waals surface area contributed by atoms with Crippen LogP contribution in [0, 0.1) is 17.6 Å². The third-order valence-electron chi connectivity index (χ3n) is 4.83. The van der Waals surface area contributed by atoms with Crippen molar-refractivity contribution in [2.45, 2.75) is 12.6 Å². The summed E-state index contributed by atoms with van der Waals surface area (Å²) < 4.78 is 65.9. The number of hydrogen-bond acceptors (Lipinski definition) is 8. The van der Waals surface area contributed by atoms with Crippen molar-refractivity contribution >= 4 is 13.4 Å². The second kappa shape index (κ2) is 10.0. The van der Waals surface area contributed by atoms with Crippen LogP contribution >= 0.6 is 7.82 Å². The van der Waals surface area contributed by atoms with E-state index in [0.29, 0.717) is 29.5 Å². The molecule has 1 atom stereocenters. The Morgan fingerprint density at radius 3 is 2.60 bits per heavy atom. The second-order valence-electron chi connectivity index (χ2n) is 7.32. The van der Waals surface area contributed by atoms with Crippen molar-refractivity contribution in [1.29, 1.82) is 0 Å². The molecule has 0 bridgehead atoms. The summed E-state index contributed by atoms with van der Waals surface area (Å²) in [5.74, 6) is -4.20. The Morgan fingerprint density at radius 2 is 1.89 bits per heavy atom. The summed E-state index contributed by atoms with van der Waals surface area (Å²) in [6, 6.07) is 8.34. The van der Waals surface area contributed by atoms with Crippen LogP contribution in [0.4, 0.5) is 13.2 Å². The lowest BCUT2D eigenvalue weighted by Gasteiger charge is -2.30.